The lowest BCUT2D eigenvalue weighted by molar-refractivity contribution is 0.108. The van der Waals surface area contributed by atoms with Crippen LogP contribution in [0, 0.1) is 0 Å². The molecule has 0 bridgehead atoms. The molecule has 0 amide bonds. The highest BCUT2D eigenvalue weighted by molar-refractivity contribution is 4.81. The minimum absolute atomic E-state index is 0.184. The first-order valence-corrected chi connectivity index (χ1v) is 4.22. The highest BCUT2D eigenvalue weighted by Crippen LogP contribution is 2.12. The third kappa shape index (κ3) is 2.43. The van der Waals surface area contributed by atoms with Gasteiger partial charge in [0.05, 0.1) is 12.7 Å². The first-order chi connectivity index (χ1) is 5.24. The van der Waals surface area contributed by atoms with Crippen molar-refractivity contribution in [2.24, 2.45) is 0 Å². The van der Waals surface area contributed by atoms with Crippen LogP contribution in [0.2, 0.25) is 0 Å². The molecule has 0 aromatic heterocycles. The molecule has 1 fully saturated rings. The maximum atomic E-state index is 8.78. The van der Waals surface area contributed by atoms with E-state index < -0.39 is 0 Å². The molecule has 3 atom stereocenters. The van der Waals surface area contributed by atoms with E-state index in [2.05, 4.69) is 12.2 Å². The van der Waals surface area contributed by atoms with Crippen molar-refractivity contribution in [3.63, 3.8) is 0 Å². The van der Waals surface area contributed by atoms with Gasteiger partial charge in [0.15, 0.2) is 0 Å². The van der Waals surface area contributed by atoms with Gasteiger partial charge in [0, 0.05) is 18.7 Å². The number of hydrogen-bond acceptors (Lipinski definition) is 3. The van der Waals surface area contributed by atoms with Gasteiger partial charge in [-0.05, 0) is 20.3 Å². The summed E-state index contributed by atoms with van der Waals surface area (Å²) in [6.07, 6.45) is 1.36. The fraction of sp³-hybridized carbons (Fsp3) is 1.00. The smallest absolute Gasteiger partial charge is 0.0700 e. The van der Waals surface area contributed by atoms with Gasteiger partial charge in [0.2, 0.25) is 0 Å². The average molecular weight is 159 g/mol. The summed E-state index contributed by atoms with van der Waals surface area (Å²) in [4.78, 5) is 0. The lowest BCUT2D eigenvalue weighted by atomic mass is 10.1. The van der Waals surface area contributed by atoms with Gasteiger partial charge in [-0.1, -0.05) is 0 Å². The fourth-order valence-corrected chi connectivity index (χ4v) is 1.37. The summed E-state index contributed by atoms with van der Waals surface area (Å²) in [7, 11) is 0. The second-order valence-corrected chi connectivity index (χ2v) is 3.22. The number of aliphatic hydroxyl groups is 1. The van der Waals surface area contributed by atoms with Gasteiger partial charge in [-0.15, -0.1) is 0 Å². The molecular formula is C8H17NO2. The van der Waals surface area contributed by atoms with Crippen molar-refractivity contribution in [3.05, 3.63) is 0 Å². The van der Waals surface area contributed by atoms with Crippen LogP contribution < -0.4 is 5.32 Å². The second kappa shape index (κ2) is 4.04. The van der Waals surface area contributed by atoms with Gasteiger partial charge in [-0.25, -0.2) is 0 Å². The van der Waals surface area contributed by atoms with Crippen molar-refractivity contribution < 1.29 is 9.84 Å². The largest absolute Gasteiger partial charge is 0.395 e. The SMILES string of the molecule is CC1OCCC1N[C@@H](C)CO. The van der Waals surface area contributed by atoms with Crippen LogP contribution in [-0.4, -0.2) is 36.5 Å². The average Bonchev–Trinajstić information content (AvgIpc) is 2.37. The Labute approximate surface area is 67.7 Å². The monoisotopic (exact) mass is 159 g/mol. The minimum Gasteiger partial charge on any atom is -0.395 e. The summed E-state index contributed by atoms with van der Waals surface area (Å²) < 4.78 is 5.37. The van der Waals surface area contributed by atoms with Crippen LogP contribution in [0.15, 0.2) is 0 Å². The third-order valence-corrected chi connectivity index (χ3v) is 2.15. The summed E-state index contributed by atoms with van der Waals surface area (Å²) in [6, 6.07) is 0.612. The number of ether oxygens (including phenoxy) is 1. The van der Waals surface area contributed by atoms with Crippen LogP contribution in [0.5, 0.6) is 0 Å². The Morgan fingerprint density at radius 3 is 2.91 bits per heavy atom. The number of aliphatic hydroxyl groups excluding tert-OH is 1. The zero-order valence-electron chi connectivity index (χ0n) is 7.21. The van der Waals surface area contributed by atoms with Crippen LogP contribution in [0.4, 0.5) is 0 Å². The molecule has 0 saturated carbocycles. The lowest BCUT2D eigenvalue weighted by Crippen LogP contribution is -2.42. The van der Waals surface area contributed by atoms with Gasteiger partial charge in [0.25, 0.3) is 0 Å². The van der Waals surface area contributed by atoms with Crippen LogP contribution in [0.3, 0.4) is 0 Å². The van der Waals surface area contributed by atoms with E-state index in [1.807, 2.05) is 6.92 Å². The molecule has 2 unspecified atom stereocenters. The Kier molecular flexibility index (Phi) is 3.30. The Morgan fingerprint density at radius 1 is 1.73 bits per heavy atom. The molecule has 0 radical (unpaired) electrons. The van der Waals surface area contributed by atoms with E-state index in [0.717, 1.165) is 13.0 Å². The summed E-state index contributed by atoms with van der Waals surface area (Å²) in [6.45, 7) is 5.08. The molecule has 1 heterocycles. The molecule has 0 spiro atoms. The van der Waals surface area contributed by atoms with Crippen molar-refractivity contribution in [2.45, 2.75) is 38.5 Å². The molecule has 1 rings (SSSR count). The topological polar surface area (TPSA) is 41.5 Å². The van der Waals surface area contributed by atoms with E-state index in [4.69, 9.17) is 9.84 Å². The van der Waals surface area contributed by atoms with Crippen molar-refractivity contribution >= 4 is 0 Å². The first-order valence-electron chi connectivity index (χ1n) is 4.22. The quantitative estimate of drug-likeness (QED) is 0.615. The normalized spacial score (nSPS) is 34.1. The standard InChI is InChI=1S/C8H17NO2/c1-6(5-10)9-8-3-4-11-7(8)2/h6-10H,3-5H2,1-2H3/t6-,7?,8?/m0/s1. The fourth-order valence-electron chi connectivity index (χ4n) is 1.37. The maximum Gasteiger partial charge on any atom is 0.0700 e. The van der Waals surface area contributed by atoms with Gasteiger partial charge in [0.1, 0.15) is 0 Å². The van der Waals surface area contributed by atoms with E-state index >= 15 is 0 Å². The van der Waals surface area contributed by atoms with Gasteiger partial charge < -0.3 is 15.2 Å². The van der Waals surface area contributed by atoms with Crippen LogP contribution >= 0.6 is 0 Å². The number of nitrogens with one attached hydrogen (secondary N) is 1. The van der Waals surface area contributed by atoms with E-state index in [1.165, 1.54) is 0 Å². The predicted octanol–water partition coefficient (Wildman–Crippen LogP) is 0.134. The molecule has 66 valence electrons. The third-order valence-electron chi connectivity index (χ3n) is 2.15. The van der Waals surface area contributed by atoms with Crippen molar-refractivity contribution in [3.8, 4) is 0 Å². The highest BCUT2D eigenvalue weighted by Gasteiger charge is 2.24. The van der Waals surface area contributed by atoms with Crippen molar-refractivity contribution in [2.75, 3.05) is 13.2 Å². The van der Waals surface area contributed by atoms with E-state index in [0.29, 0.717) is 12.1 Å². The van der Waals surface area contributed by atoms with Crippen molar-refractivity contribution in [1.82, 2.24) is 5.32 Å². The maximum absolute atomic E-state index is 8.78. The van der Waals surface area contributed by atoms with Gasteiger partial charge in [-0.3, -0.25) is 0 Å². The number of rotatable bonds is 3. The van der Waals surface area contributed by atoms with E-state index in [1.54, 1.807) is 0 Å². The molecule has 1 saturated heterocycles. The molecule has 1 aliphatic heterocycles. The molecule has 0 aromatic rings. The zero-order chi connectivity index (χ0) is 8.27. The summed E-state index contributed by atoms with van der Waals surface area (Å²) >= 11 is 0. The molecular weight excluding hydrogens is 142 g/mol. The van der Waals surface area contributed by atoms with Crippen LogP contribution in [0.25, 0.3) is 0 Å². The van der Waals surface area contributed by atoms with Crippen molar-refractivity contribution in [1.29, 1.82) is 0 Å². The Hall–Kier alpha value is -0.120. The van der Waals surface area contributed by atoms with E-state index in [9.17, 15) is 0 Å². The Morgan fingerprint density at radius 2 is 2.45 bits per heavy atom. The Balaban J connectivity index is 2.24. The van der Waals surface area contributed by atoms with Gasteiger partial charge >= 0.3 is 0 Å². The number of hydrogen-bond donors (Lipinski definition) is 2. The van der Waals surface area contributed by atoms with Gasteiger partial charge in [-0.2, -0.15) is 0 Å². The van der Waals surface area contributed by atoms with Crippen LogP contribution in [0.1, 0.15) is 20.3 Å². The first kappa shape index (κ1) is 8.97. The molecule has 11 heavy (non-hydrogen) atoms. The summed E-state index contributed by atoms with van der Waals surface area (Å²) in [5, 5.41) is 12.1. The molecule has 2 N–H and O–H groups in total. The summed E-state index contributed by atoms with van der Waals surface area (Å²) in [5.74, 6) is 0. The minimum atomic E-state index is 0.184. The molecule has 0 aliphatic carbocycles. The summed E-state index contributed by atoms with van der Waals surface area (Å²) in [5.41, 5.74) is 0. The zero-order valence-corrected chi connectivity index (χ0v) is 7.21. The van der Waals surface area contributed by atoms with Crippen LogP contribution in [-0.2, 0) is 4.74 Å². The highest BCUT2D eigenvalue weighted by atomic mass is 16.5. The Bertz CT molecular complexity index is 119. The predicted molar refractivity (Wildman–Crippen MR) is 43.5 cm³/mol. The molecule has 1 aliphatic rings. The van der Waals surface area contributed by atoms with E-state index in [-0.39, 0.29) is 12.6 Å². The second-order valence-electron chi connectivity index (χ2n) is 3.22. The molecule has 3 heteroatoms. The molecule has 0 aromatic carbocycles. The lowest BCUT2D eigenvalue weighted by Gasteiger charge is -2.19. The molecule has 3 nitrogen and oxygen atoms in total.